The van der Waals surface area contributed by atoms with Crippen LogP contribution in [0, 0.1) is 5.41 Å². The summed E-state index contributed by atoms with van der Waals surface area (Å²) in [5.74, 6) is 0. The Kier molecular flexibility index (Phi) is 3.29. The molecule has 0 unspecified atom stereocenters. The second kappa shape index (κ2) is 5.26. The first-order chi connectivity index (χ1) is 10.2. The topological polar surface area (TPSA) is 81.3 Å². The summed E-state index contributed by atoms with van der Waals surface area (Å²) in [6, 6.07) is 9.26. The van der Waals surface area contributed by atoms with Crippen LogP contribution in [-0.4, -0.2) is 22.9 Å². The zero-order chi connectivity index (χ0) is 14.8. The number of rotatable bonds is 3. The Labute approximate surface area is 123 Å². The Morgan fingerprint density at radius 3 is 2.67 bits per heavy atom. The number of nitrogens with zero attached hydrogens (tertiary/aromatic N) is 3. The summed E-state index contributed by atoms with van der Waals surface area (Å²) >= 11 is 0. The van der Waals surface area contributed by atoms with E-state index in [0.29, 0.717) is 17.0 Å². The molecule has 6 nitrogen and oxygen atoms in total. The first kappa shape index (κ1) is 13.1. The molecule has 0 bridgehead atoms. The third-order valence-corrected chi connectivity index (χ3v) is 3.34. The molecule has 2 aromatic rings. The van der Waals surface area contributed by atoms with E-state index in [9.17, 15) is 0 Å². The number of hydrogen-bond acceptors (Lipinski definition) is 6. The molecular formula is C15H16N6. The van der Waals surface area contributed by atoms with Crippen molar-refractivity contribution in [2.24, 2.45) is 0 Å². The van der Waals surface area contributed by atoms with Crippen molar-refractivity contribution in [3.05, 3.63) is 66.3 Å². The van der Waals surface area contributed by atoms with Crippen molar-refractivity contribution in [3.8, 4) is 0 Å². The molecule has 1 aromatic carbocycles. The normalized spacial score (nSPS) is 14.2. The largest absolute Gasteiger partial charge is 0.398 e. The summed E-state index contributed by atoms with van der Waals surface area (Å²) in [5, 5.41) is 12.1. The molecule has 0 aliphatic carbocycles. The van der Waals surface area contributed by atoms with Gasteiger partial charge < -0.3 is 11.2 Å². The number of hydrogen-bond donors (Lipinski definition) is 3. The molecule has 0 fully saturated rings. The van der Waals surface area contributed by atoms with Gasteiger partial charge in [0.2, 0.25) is 0 Å². The lowest BCUT2D eigenvalue weighted by Gasteiger charge is -2.25. The van der Waals surface area contributed by atoms with Crippen LogP contribution in [0.5, 0.6) is 0 Å². The molecule has 1 aromatic heterocycles. The molecule has 4 N–H and O–H groups in total. The quantitative estimate of drug-likeness (QED) is 0.589. The fraction of sp³-hybridized carbons (Fsp3) is 0.0667. The molecule has 1 aliphatic heterocycles. The predicted molar refractivity (Wildman–Crippen MR) is 83.5 cm³/mol. The van der Waals surface area contributed by atoms with Gasteiger partial charge in [-0.3, -0.25) is 15.4 Å². The van der Waals surface area contributed by atoms with E-state index in [0.717, 1.165) is 11.3 Å². The van der Waals surface area contributed by atoms with E-state index in [1.165, 1.54) is 0 Å². The smallest absolute Gasteiger partial charge is 0.0707 e. The molecule has 6 heteroatoms. The van der Waals surface area contributed by atoms with Crippen molar-refractivity contribution in [1.29, 1.82) is 5.41 Å². The van der Waals surface area contributed by atoms with Gasteiger partial charge in [-0.25, -0.2) is 0 Å². The summed E-state index contributed by atoms with van der Waals surface area (Å²) in [5.41, 5.74) is 12.5. The molecule has 0 radical (unpaired) electrons. The van der Waals surface area contributed by atoms with Crippen LogP contribution in [0.3, 0.4) is 0 Å². The van der Waals surface area contributed by atoms with E-state index < -0.39 is 0 Å². The second-order valence-electron chi connectivity index (χ2n) is 4.70. The van der Waals surface area contributed by atoms with Crippen molar-refractivity contribution in [3.63, 3.8) is 0 Å². The Morgan fingerprint density at radius 1 is 1.24 bits per heavy atom. The molecule has 2 heterocycles. The maximum atomic E-state index is 8.36. The predicted octanol–water partition coefficient (Wildman–Crippen LogP) is 1.72. The maximum Gasteiger partial charge on any atom is 0.0707 e. The number of aromatic nitrogens is 1. The number of hydrazine groups is 2. The van der Waals surface area contributed by atoms with Gasteiger partial charge in [0.15, 0.2) is 0 Å². The molecule has 0 saturated carbocycles. The van der Waals surface area contributed by atoms with E-state index in [2.05, 4.69) is 10.4 Å². The molecule has 21 heavy (non-hydrogen) atoms. The molecule has 1 aliphatic rings. The highest BCUT2D eigenvalue weighted by molar-refractivity contribution is 6.14. The van der Waals surface area contributed by atoms with Crippen LogP contribution in [0.15, 0.2) is 55.1 Å². The average molecular weight is 280 g/mol. The number of benzene rings is 1. The Morgan fingerprint density at radius 2 is 2.00 bits per heavy atom. The number of nitrogens with two attached hydrogens (primary N) is 1. The third-order valence-electron chi connectivity index (χ3n) is 3.34. The standard InChI is InChI=1S/C15H16N6/c1-20-19-8-9-21(20)12-2-3-14(16)13(10-12)15(17)11-4-6-18-7-5-11/h2-10,17,19H,16H2,1H3. The van der Waals surface area contributed by atoms with Gasteiger partial charge in [0.25, 0.3) is 0 Å². The van der Waals surface area contributed by atoms with E-state index >= 15 is 0 Å². The highest BCUT2D eigenvalue weighted by atomic mass is 15.8. The van der Waals surface area contributed by atoms with Crippen molar-refractivity contribution < 1.29 is 0 Å². The van der Waals surface area contributed by atoms with Crippen LogP contribution in [0.4, 0.5) is 11.4 Å². The van der Waals surface area contributed by atoms with Gasteiger partial charge in [-0.15, -0.1) is 5.12 Å². The van der Waals surface area contributed by atoms with E-state index in [-0.39, 0.29) is 0 Å². The van der Waals surface area contributed by atoms with Crippen LogP contribution < -0.4 is 16.2 Å². The van der Waals surface area contributed by atoms with Crippen LogP contribution >= 0.6 is 0 Å². The lowest BCUT2D eigenvalue weighted by molar-refractivity contribution is 0.302. The van der Waals surface area contributed by atoms with Crippen molar-refractivity contribution >= 4 is 17.1 Å². The maximum absolute atomic E-state index is 8.36. The zero-order valence-electron chi connectivity index (χ0n) is 11.6. The number of nitrogen functional groups attached to an aromatic ring is 1. The summed E-state index contributed by atoms with van der Waals surface area (Å²) < 4.78 is 0. The molecule has 0 amide bonds. The average Bonchev–Trinajstić information content (AvgIpc) is 2.94. The number of pyridine rings is 1. The molecule has 3 rings (SSSR count). The highest BCUT2D eigenvalue weighted by Gasteiger charge is 2.16. The Hall–Kier alpha value is -2.86. The van der Waals surface area contributed by atoms with E-state index in [1.807, 2.05) is 47.8 Å². The van der Waals surface area contributed by atoms with Gasteiger partial charge in [0.05, 0.1) is 11.4 Å². The zero-order valence-corrected chi connectivity index (χ0v) is 11.6. The number of anilines is 2. The number of nitrogens with one attached hydrogen (secondary N) is 2. The minimum absolute atomic E-state index is 0.385. The summed E-state index contributed by atoms with van der Waals surface area (Å²) in [7, 11) is 1.91. The monoisotopic (exact) mass is 280 g/mol. The van der Waals surface area contributed by atoms with Gasteiger partial charge in [0, 0.05) is 48.7 Å². The minimum Gasteiger partial charge on any atom is -0.398 e. The van der Waals surface area contributed by atoms with Crippen LogP contribution in [0.1, 0.15) is 11.1 Å². The molecule has 0 atom stereocenters. The molecular weight excluding hydrogens is 264 g/mol. The molecule has 106 valence electrons. The lowest BCUT2D eigenvalue weighted by atomic mass is 10.0. The Bertz CT molecular complexity index is 695. The Balaban J connectivity index is 1.99. The SMILES string of the molecule is CN1NC=CN1c1ccc(N)c(C(=N)c2ccncc2)c1. The van der Waals surface area contributed by atoms with Gasteiger partial charge in [-0.2, -0.15) is 0 Å². The van der Waals surface area contributed by atoms with Crippen LogP contribution in [-0.2, 0) is 0 Å². The van der Waals surface area contributed by atoms with Crippen LogP contribution in [0.25, 0.3) is 0 Å². The van der Waals surface area contributed by atoms with Gasteiger partial charge in [-0.1, -0.05) is 0 Å². The van der Waals surface area contributed by atoms with Gasteiger partial charge in [0.1, 0.15) is 0 Å². The third kappa shape index (κ3) is 2.44. The van der Waals surface area contributed by atoms with Crippen LogP contribution in [0.2, 0.25) is 0 Å². The lowest BCUT2D eigenvalue weighted by Crippen LogP contribution is -2.37. The van der Waals surface area contributed by atoms with Crippen molar-refractivity contribution in [2.75, 3.05) is 17.8 Å². The summed E-state index contributed by atoms with van der Waals surface area (Å²) in [6.45, 7) is 0. The van der Waals surface area contributed by atoms with E-state index in [1.54, 1.807) is 24.5 Å². The van der Waals surface area contributed by atoms with Gasteiger partial charge in [-0.05, 0) is 30.3 Å². The first-order valence-corrected chi connectivity index (χ1v) is 6.51. The van der Waals surface area contributed by atoms with Crippen molar-refractivity contribution in [2.45, 2.75) is 0 Å². The van der Waals surface area contributed by atoms with E-state index in [4.69, 9.17) is 11.1 Å². The molecule has 0 spiro atoms. The second-order valence-corrected chi connectivity index (χ2v) is 4.70. The van der Waals surface area contributed by atoms with Crippen molar-refractivity contribution in [1.82, 2.24) is 15.5 Å². The summed E-state index contributed by atoms with van der Waals surface area (Å²) in [4.78, 5) is 3.97. The highest BCUT2D eigenvalue weighted by Crippen LogP contribution is 2.25. The minimum atomic E-state index is 0.385. The fourth-order valence-electron chi connectivity index (χ4n) is 2.21. The summed E-state index contributed by atoms with van der Waals surface area (Å²) in [6.07, 6.45) is 7.09. The first-order valence-electron chi connectivity index (χ1n) is 6.51. The fourth-order valence-corrected chi connectivity index (χ4v) is 2.21. The van der Waals surface area contributed by atoms with Gasteiger partial charge >= 0.3 is 0 Å². The molecule has 0 saturated heterocycles.